The number of anilines is 3. The van der Waals surface area contributed by atoms with Gasteiger partial charge in [-0.15, -0.1) is 0 Å². The summed E-state index contributed by atoms with van der Waals surface area (Å²) in [6.45, 7) is 2.07. The standard InChI is InChI=1S/C14H16N6/c1-2-5-11-13(17-9-18-14(11)20-16)19-12-7-4-3-6-10(12)8-15/h3-4,6-7,9H,2,5,16H2,1H3,(H2,17,18,19,20). The highest BCUT2D eigenvalue weighted by Crippen LogP contribution is 2.25. The van der Waals surface area contributed by atoms with Crippen LogP contribution in [0, 0.1) is 11.3 Å². The zero-order valence-electron chi connectivity index (χ0n) is 11.2. The minimum Gasteiger partial charge on any atom is -0.339 e. The zero-order chi connectivity index (χ0) is 14.4. The predicted octanol–water partition coefficient (Wildman–Crippen LogP) is 2.33. The van der Waals surface area contributed by atoms with Crippen LogP contribution in [0.1, 0.15) is 24.5 Å². The van der Waals surface area contributed by atoms with Gasteiger partial charge >= 0.3 is 0 Å². The van der Waals surface area contributed by atoms with Crippen LogP contribution in [0.4, 0.5) is 17.3 Å². The fraction of sp³-hybridized carbons (Fsp3) is 0.214. The third-order valence-electron chi connectivity index (χ3n) is 2.88. The Hall–Kier alpha value is -2.65. The maximum atomic E-state index is 9.11. The molecule has 1 aromatic carbocycles. The van der Waals surface area contributed by atoms with E-state index in [0.29, 0.717) is 22.9 Å². The number of hydrogen-bond acceptors (Lipinski definition) is 6. The first-order chi connectivity index (χ1) is 9.80. The highest BCUT2D eigenvalue weighted by Gasteiger charge is 2.11. The predicted molar refractivity (Wildman–Crippen MR) is 78.3 cm³/mol. The molecule has 0 bridgehead atoms. The molecule has 0 aliphatic carbocycles. The van der Waals surface area contributed by atoms with Gasteiger partial charge in [0, 0.05) is 5.56 Å². The molecule has 4 N–H and O–H groups in total. The van der Waals surface area contributed by atoms with Gasteiger partial charge in [-0.25, -0.2) is 15.8 Å². The average molecular weight is 268 g/mol. The monoisotopic (exact) mass is 268 g/mol. The lowest BCUT2D eigenvalue weighted by atomic mass is 10.1. The number of nitrogens with zero attached hydrogens (tertiary/aromatic N) is 3. The fourth-order valence-corrected chi connectivity index (χ4v) is 1.95. The van der Waals surface area contributed by atoms with E-state index in [1.165, 1.54) is 6.33 Å². The maximum Gasteiger partial charge on any atom is 0.148 e. The molecule has 6 nitrogen and oxygen atoms in total. The number of nitrogens with one attached hydrogen (secondary N) is 2. The molecule has 2 rings (SSSR count). The topological polar surface area (TPSA) is 99.7 Å². The Labute approximate surface area is 117 Å². The molecule has 0 amide bonds. The largest absolute Gasteiger partial charge is 0.339 e. The fourth-order valence-electron chi connectivity index (χ4n) is 1.95. The Morgan fingerprint density at radius 1 is 1.25 bits per heavy atom. The van der Waals surface area contributed by atoms with Crippen LogP contribution in [0.25, 0.3) is 0 Å². The Morgan fingerprint density at radius 3 is 2.70 bits per heavy atom. The third-order valence-corrected chi connectivity index (χ3v) is 2.88. The lowest BCUT2D eigenvalue weighted by Crippen LogP contribution is -2.13. The van der Waals surface area contributed by atoms with Gasteiger partial charge in [0.1, 0.15) is 24.0 Å². The lowest BCUT2D eigenvalue weighted by Gasteiger charge is -2.14. The van der Waals surface area contributed by atoms with E-state index in [1.807, 2.05) is 18.2 Å². The number of nitriles is 1. The van der Waals surface area contributed by atoms with Gasteiger partial charge in [-0.05, 0) is 18.6 Å². The molecule has 0 atom stereocenters. The summed E-state index contributed by atoms with van der Waals surface area (Å²) in [4.78, 5) is 8.36. The number of rotatable bonds is 5. The van der Waals surface area contributed by atoms with Crippen LogP contribution in [-0.4, -0.2) is 9.97 Å². The lowest BCUT2D eigenvalue weighted by molar-refractivity contribution is 0.903. The van der Waals surface area contributed by atoms with E-state index in [0.717, 1.165) is 18.4 Å². The van der Waals surface area contributed by atoms with Gasteiger partial charge in [-0.2, -0.15) is 5.26 Å². The van der Waals surface area contributed by atoms with Crippen molar-refractivity contribution in [2.24, 2.45) is 5.84 Å². The van der Waals surface area contributed by atoms with Crippen LogP contribution in [0.15, 0.2) is 30.6 Å². The number of nitrogen functional groups attached to an aromatic ring is 1. The SMILES string of the molecule is CCCc1c(NN)ncnc1Nc1ccccc1C#N. The molecule has 1 heterocycles. The number of benzene rings is 1. The van der Waals surface area contributed by atoms with Crippen LogP contribution < -0.4 is 16.6 Å². The first-order valence-electron chi connectivity index (χ1n) is 6.36. The molecular weight excluding hydrogens is 252 g/mol. The molecule has 20 heavy (non-hydrogen) atoms. The molecule has 102 valence electrons. The molecule has 0 fully saturated rings. The molecular formula is C14H16N6. The molecule has 0 aliphatic heterocycles. The molecule has 2 aromatic rings. The summed E-state index contributed by atoms with van der Waals surface area (Å²) in [5, 5.41) is 12.3. The smallest absolute Gasteiger partial charge is 0.148 e. The Kier molecular flexibility index (Phi) is 4.47. The Morgan fingerprint density at radius 2 is 2.00 bits per heavy atom. The van der Waals surface area contributed by atoms with Crippen molar-refractivity contribution >= 4 is 17.3 Å². The molecule has 0 saturated heterocycles. The van der Waals surface area contributed by atoms with Crippen LogP contribution >= 0.6 is 0 Å². The van der Waals surface area contributed by atoms with E-state index in [9.17, 15) is 0 Å². The highest BCUT2D eigenvalue weighted by molar-refractivity contribution is 5.68. The van der Waals surface area contributed by atoms with Crippen molar-refractivity contribution in [2.45, 2.75) is 19.8 Å². The van der Waals surface area contributed by atoms with E-state index in [1.54, 1.807) is 6.07 Å². The summed E-state index contributed by atoms with van der Waals surface area (Å²) in [5.41, 5.74) is 4.77. The first kappa shape index (κ1) is 13.8. The van der Waals surface area contributed by atoms with E-state index in [2.05, 4.69) is 33.7 Å². The number of para-hydroxylation sites is 1. The summed E-state index contributed by atoms with van der Waals surface area (Å²) in [7, 11) is 0. The summed E-state index contributed by atoms with van der Waals surface area (Å²) in [6, 6.07) is 9.43. The second-order valence-corrected chi connectivity index (χ2v) is 4.23. The zero-order valence-corrected chi connectivity index (χ0v) is 11.2. The maximum absolute atomic E-state index is 9.11. The van der Waals surface area contributed by atoms with Crippen LogP contribution in [-0.2, 0) is 6.42 Å². The van der Waals surface area contributed by atoms with Crippen molar-refractivity contribution in [3.05, 3.63) is 41.7 Å². The number of hydrogen-bond donors (Lipinski definition) is 3. The van der Waals surface area contributed by atoms with Gasteiger partial charge in [0.25, 0.3) is 0 Å². The van der Waals surface area contributed by atoms with Crippen molar-refractivity contribution in [2.75, 3.05) is 10.7 Å². The van der Waals surface area contributed by atoms with Crippen LogP contribution in [0.5, 0.6) is 0 Å². The van der Waals surface area contributed by atoms with Gasteiger partial charge in [0.15, 0.2) is 0 Å². The van der Waals surface area contributed by atoms with Crippen LogP contribution in [0.3, 0.4) is 0 Å². The second-order valence-electron chi connectivity index (χ2n) is 4.23. The summed E-state index contributed by atoms with van der Waals surface area (Å²) in [5.74, 6) is 6.74. The van der Waals surface area contributed by atoms with E-state index < -0.39 is 0 Å². The first-order valence-corrected chi connectivity index (χ1v) is 6.36. The molecule has 0 spiro atoms. The molecule has 0 aliphatic rings. The van der Waals surface area contributed by atoms with Gasteiger partial charge in [-0.1, -0.05) is 25.5 Å². The minimum absolute atomic E-state index is 0.566. The van der Waals surface area contributed by atoms with E-state index in [4.69, 9.17) is 11.1 Å². The molecule has 0 radical (unpaired) electrons. The van der Waals surface area contributed by atoms with Gasteiger partial charge in [-0.3, -0.25) is 0 Å². The van der Waals surface area contributed by atoms with Crippen molar-refractivity contribution in [3.63, 3.8) is 0 Å². The number of nitrogens with two attached hydrogens (primary N) is 1. The highest BCUT2D eigenvalue weighted by atomic mass is 15.3. The molecule has 0 saturated carbocycles. The third kappa shape index (κ3) is 2.84. The average Bonchev–Trinajstić information content (AvgIpc) is 2.49. The summed E-state index contributed by atoms with van der Waals surface area (Å²) < 4.78 is 0. The Bertz CT molecular complexity index is 632. The molecule has 0 unspecified atom stereocenters. The summed E-state index contributed by atoms with van der Waals surface area (Å²) >= 11 is 0. The van der Waals surface area contributed by atoms with Crippen molar-refractivity contribution in [1.29, 1.82) is 5.26 Å². The van der Waals surface area contributed by atoms with Crippen molar-refractivity contribution < 1.29 is 0 Å². The number of aromatic nitrogens is 2. The van der Waals surface area contributed by atoms with Crippen molar-refractivity contribution in [3.8, 4) is 6.07 Å². The van der Waals surface area contributed by atoms with Crippen molar-refractivity contribution in [1.82, 2.24) is 9.97 Å². The Balaban J connectivity index is 2.40. The van der Waals surface area contributed by atoms with E-state index in [-0.39, 0.29) is 0 Å². The van der Waals surface area contributed by atoms with Crippen LogP contribution in [0.2, 0.25) is 0 Å². The van der Waals surface area contributed by atoms with Gasteiger partial charge in [0.2, 0.25) is 0 Å². The van der Waals surface area contributed by atoms with Gasteiger partial charge in [0.05, 0.1) is 11.3 Å². The quantitative estimate of drug-likeness (QED) is 0.568. The second kappa shape index (κ2) is 6.50. The van der Waals surface area contributed by atoms with E-state index >= 15 is 0 Å². The molecule has 1 aromatic heterocycles. The molecule has 6 heteroatoms. The van der Waals surface area contributed by atoms with Gasteiger partial charge < -0.3 is 10.7 Å². The number of hydrazine groups is 1. The normalized spacial score (nSPS) is 9.85. The summed E-state index contributed by atoms with van der Waals surface area (Å²) in [6.07, 6.45) is 3.17. The minimum atomic E-state index is 0.566.